The molecule has 0 saturated carbocycles. The molecule has 0 aliphatic heterocycles. The summed E-state index contributed by atoms with van der Waals surface area (Å²) in [6, 6.07) is 0. The molecule has 5 nitrogen and oxygen atoms in total. The van der Waals surface area contributed by atoms with E-state index in [4.69, 9.17) is 14.9 Å². The molecule has 0 saturated heterocycles. The Morgan fingerprint density at radius 3 is 2.50 bits per heavy atom. The van der Waals surface area contributed by atoms with Gasteiger partial charge in [0, 0.05) is 6.42 Å². The van der Waals surface area contributed by atoms with Gasteiger partial charge in [0.1, 0.15) is 0 Å². The van der Waals surface area contributed by atoms with Crippen molar-refractivity contribution in [1.82, 2.24) is 0 Å². The minimum atomic E-state index is -1.26. The Kier molecular flexibility index (Phi) is 6.23. The van der Waals surface area contributed by atoms with Gasteiger partial charge in [-0.1, -0.05) is 6.92 Å². The minimum Gasteiger partial charge on any atom is -0.450 e. The van der Waals surface area contributed by atoms with E-state index in [1.807, 2.05) is 20.8 Å². The van der Waals surface area contributed by atoms with E-state index < -0.39 is 6.16 Å². The zero-order chi connectivity index (χ0) is 11.0. The van der Waals surface area contributed by atoms with Gasteiger partial charge < -0.3 is 9.84 Å². The van der Waals surface area contributed by atoms with Crippen LogP contribution in [-0.4, -0.2) is 30.1 Å². The predicted octanol–water partition coefficient (Wildman–Crippen LogP) is 2.21. The van der Waals surface area contributed by atoms with E-state index in [1.54, 1.807) is 0 Å². The van der Waals surface area contributed by atoms with E-state index in [0.29, 0.717) is 13.0 Å². The topological polar surface area (TPSA) is 65.0 Å². The maximum Gasteiger partial charge on any atom is 0.505 e. The average molecular weight is 206 g/mol. The van der Waals surface area contributed by atoms with Crippen LogP contribution >= 0.6 is 0 Å². The van der Waals surface area contributed by atoms with Crippen molar-refractivity contribution >= 4 is 6.16 Å². The fourth-order valence-electron chi connectivity index (χ4n) is 0.537. The van der Waals surface area contributed by atoms with Crippen molar-refractivity contribution in [3.63, 3.8) is 0 Å². The molecule has 14 heavy (non-hydrogen) atoms. The first-order valence-electron chi connectivity index (χ1n) is 4.64. The lowest BCUT2D eigenvalue weighted by molar-refractivity contribution is -0.354. The number of ether oxygens (including phenoxy) is 1. The van der Waals surface area contributed by atoms with E-state index >= 15 is 0 Å². The van der Waals surface area contributed by atoms with Crippen LogP contribution in [-0.2, 0) is 14.5 Å². The SMILES string of the molecule is CCC(C)(C)OOCCCOC(=O)O. The van der Waals surface area contributed by atoms with Gasteiger partial charge in [0.25, 0.3) is 0 Å². The first-order chi connectivity index (χ1) is 6.48. The largest absolute Gasteiger partial charge is 0.505 e. The Morgan fingerprint density at radius 1 is 1.36 bits per heavy atom. The summed E-state index contributed by atoms with van der Waals surface area (Å²) in [6.45, 7) is 6.29. The van der Waals surface area contributed by atoms with Crippen LogP contribution in [0.2, 0.25) is 0 Å². The first kappa shape index (κ1) is 13.2. The summed E-state index contributed by atoms with van der Waals surface area (Å²) in [4.78, 5) is 19.9. The fourth-order valence-corrected chi connectivity index (χ4v) is 0.537. The van der Waals surface area contributed by atoms with E-state index in [0.717, 1.165) is 6.42 Å². The third-order valence-corrected chi connectivity index (χ3v) is 1.73. The van der Waals surface area contributed by atoms with Gasteiger partial charge in [-0.15, -0.1) is 0 Å². The molecule has 0 fully saturated rings. The first-order valence-corrected chi connectivity index (χ1v) is 4.64. The van der Waals surface area contributed by atoms with Gasteiger partial charge in [-0.05, 0) is 20.3 Å². The number of rotatable bonds is 7. The molecule has 0 amide bonds. The quantitative estimate of drug-likeness (QED) is 0.299. The molecule has 5 heteroatoms. The average Bonchev–Trinajstić information content (AvgIpc) is 2.10. The van der Waals surface area contributed by atoms with Crippen LogP contribution in [0, 0.1) is 0 Å². The van der Waals surface area contributed by atoms with E-state index in [9.17, 15) is 4.79 Å². The van der Waals surface area contributed by atoms with Crippen LogP contribution in [0.15, 0.2) is 0 Å². The highest BCUT2D eigenvalue weighted by atomic mass is 17.2. The summed E-state index contributed by atoms with van der Waals surface area (Å²) in [5, 5.41) is 8.14. The third kappa shape index (κ3) is 7.82. The van der Waals surface area contributed by atoms with Crippen molar-refractivity contribution in [3.05, 3.63) is 0 Å². The molecule has 0 rings (SSSR count). The molecule has 1 N–H and O–H groups in total. The van der Waals surface area contributed by atoms with Crippen LogP contribution in [0.3, 0.4) is 0 Å². The summed E-state index contributed by atoms with van der Waals surface area (Å²) in [6.07, 6.45) is 0.0739. The molecule has 84 valence electrons. The second-order valence-electron chi connectivity index (χ2n) is 3.49. The van der Waals surface area contributed by atoms with Gasteiger partial charge >= 0.3 is 6.16 Å². The van der Waals surface area contributed by atoms with Crippen LogP contribution in [0.5, 0.6) is 0 Å². The molecule has 0 bridgehead atoms. The Labute approximate surface area is 83.9 Å². The molecule has 0 aromatic heterocycles. The lowest BCUT2D eigenvalue weighted by Gasteiger charge is -2.21. The van der Waals surface area contributed by atoms with E-state index in [1.165, 1.54) is 0 Å². The molecule has 0 radical (unpaired) electrons. The van der Waals surface area contributed by atoms with Crippen molar-refractivity contribution in [2.75, 3.05) is 13.2 Å². The molecule has 0 aliphatic rings. The van der Waals surface area contributed by atoms with Crippen molar-refractivity contribution < 1.29 is 24.4 Å². The van der Waals surface area contributed by atoms with Crippen molar-refractivity contribution in [1.29, 1.82) is 0 Å². The molecule has 0 unspecified atom stereocenters. The van der Waals surface area contributed by atoms with Gasteiger partial charge in [-0.25, -0.2) is 14.6 Å². The lowest BCUT2D eigenvalue weighted by Crippen LogP contribution is -2.23. The van der Waals surface area contributed by atoms with Crippen molar-refractivity contribution in [3.8, 4) is 0 Å². The highest BCUT2D eigenvalue weighted by Gasteiger charge is 2.16. The smallest absolute Gasteiger partial charge is 0.450 e. The van der Waals surface area contributed by atoms with Gasteiger partial charge in [0.05, 0.1) is 18.8 Å². The second-order valence-corrected chi connectivity index (χ2v) is 3.49. The zero-order valence-corrected chi connectivity index (χ0v) is 8.91. The highest BCUT2D eigenvalue weighted by Crippen LogP contribution is 2.13. The Hall–Kier alpha value is -0.810. The number of hydrogen-bond donors (Lipinski definition) is 1. The summed E-state index contributed by atoms with van der Waals surface area (Å²) in [5.74, 6) is 0. The molecule has 0 heterocycles. The number of carbonyl (C=O) groups is 1. The molecule has 0 aliphatic carbocycles. The standard InChI is InChI=1S/C9H18O5/c1-4-9(2,3)14-13-7-5-6-12-8(10)11/h4-7H2,1-3H3,(H,10,11). The molecule has 0 aromatic carbocycles. The fraction of sp³-hybridized carbons (Fsp3) is 0.889. The number of carboxylic acid groups (broad SMARTS) is 1. The molecule has 0 aromatic rings. The number of hydrogen-bond acceptors (Lipinski definition) is 4. The van der Waals surface area contributed by atoms with E-state index in [2.05, 4.69) is 4.74 Å². The maximum absolute atomic E-state index is 9.94. The Bertz CT molecular complexity index is 167. The normalized spacial score (nSPS) is 11.4. The van der Waals surface area contributed by atoms with Gasteiger partial charge in [0.2, 0.25) is 0 Å². The van der Waals surface area contributed by atoms with Crippen LogP contribution in [0.1, 0.15) is 33.6 Å². The van der Waals surface area contributed by atoms with Crippen molar-refractivity contribution in [2.24, 2.45) is 0 Å². The van der Waals surface area contributed by atoms with Crippen LogP contribution in [0.25, 0.3) is 0 Å². The summed E-state index contributed by atoms with van der Waals surface area (Å²) < 4.78 is 4.28. The third-order valence-electron chi connectivity index (χ3n) is 1.73. The van der Waals surface area contributed by atoms with Gasteiger partial charge in [-0.2, -0.15) is 0 Å². The minimum absolute atomic E-state index is 0.130. The highest BCUT2D eigenvalue weighted by molar-refractivity contribution is 5.56. The lowest BCUT2D eigenvalue weighted by atomic mass is 10.1. The Morgan fingerprint density at radius 2 is 2.00 bits per heavy atom. The summed E-state index contributed by atoms with van der Waals surface area (Å²) in [7, 11) is 0. The van der Waals surface area contributed by atoms with Crippen molar-refractivity contribution in [2.45, 2.75) is 39.2 Å². The summed E-state index contributed by atoms with van der Waals surface area (Å²) in [5.41, 5.74) is -0.298. The molecule has 0 atom stereocenters. The zero-order valence-electron chi connectivity index (χ0n) is 8.91. The molecule has 0 spiro atoms. The molecular formula is C9H18O5. The van der Waals surface area contributed by atoms with Gasteiger partial charge in [-0.3, -0.25) is 0 Å². The summed E-state index contributed by atoms with van der Waals surface area (Å²) >= 11 is 0. The Balaban J connectivity index is 3.25. The van der Waals surface area contributed by atoms with Gasteiger partial charge in [0.15, 0.2) is 0 Å². The van der Waals surface area contributed by atoms with Crippen LogP contribution in [0.4, 0.5) is 4.79 Å². The second kappa shape index (κ2) is 6.62. The monoisotopic (exact) mass is 206 g/mol. The maximum atomic E-state index is 9.94. The predicted molar refractivity (Wildman–Crippen MR) is 50.0 cm³/mol. The van der Waals surface area contributed by atoms with Crippen LogP contribution < -0.4 is 0 Å². The molecular weight excluding hydrogens is 188 g/mol. The van der Waals surface area contributed by atoms with E-state index in [-0.39, 0.29) is 12.2 Å².